The summed E-state index contributed by atoms with van der Waals surface area (Å²) in [5.74, 6) is 6.43. The second-order valence-corrected chi connectivity index (χ2v) is 5.43. The molecule has 4 nitrogen and oxygen atoms in total. The van der Waals surface area contributed by atoms with Crippen LogP contribution in [0, 0.1) is 0 Å². The Balaban J connectivity index is 2.06. The number of para-hydroxylation sites is 1. The molecule has 0 fully saturated rings. The quantitative estimate of drug-likeness (QED) is 0.752. The average molecular weight is 293 g/mol. The van der Waals surface area contributed by atoms with Crippen LogP contribution in [0.4, 0.5) is 0 Å². The first-order chi connectivity index (χ1) is 10.7. The van der Waals surface area contributed by atoms with E-state index in [9.17, 15) is 4.79 Å². The Kier molecular flexibility index (Phi) is 3.92. The molecule has 22 heavy (non-hydrogen) atoms. The highest BCUT2D eigenvalue weighted by Gasteiger charge is 2.10. The third kappa shape index (κ3) is 2.60. The van der Waals surface area contributed by atoms with Crippen molar-refractivity contribution in [3.8, 4) is 11.4 Å². The highest BCUT2D eigenvalue weighted by molar-refractivity contribution is 5.79. The van der Waals surface area contributed by atoms with Crippen molar-refractivity contribution in [2.24, 2.45) is 0 Å². The van der Waals surface area contributed by atoms with E-state index in [4.69, 9.17) is 5.84 Å². The van der Waals surface area contributed by atoms with Crippen molar-refractivity contribution >= 4 is 10.9 Å². The SMILES string of the molecule is CCCCc1ccc(-c2nc3ccccc3c(=O)n2N)cc1. The molecule has 0 unspecified atom stereocenters. The van der Waals surface area contributed by atoms with Crippen molar-refractivity contribution in [3.63, 3.8) is 0 Å². The van der Waals surface area contributed by atoms with E-state index in [0.29, 0.717) is 16.7 Å². The average Bonchev–Trinajstić information content (AvgIpc) is 2.57. The van der Waals surface area contributed by atoms with Gasteiger partial charge in [-0.1, -0.05) is 49.7 Å². The zero-order valence-electron chi connectivity index (χ0n) is 12.6. The van der Waals surface area contributed by atoms with Gasteiger partial charge in [-0.3, -0.25) is 4.79 Å². The minimum atomic E-state index is -0.226. The lowest BCUT2D eigenvalue weighted by molar-refractivity contribution is 0.795. The predicted molar refractivity (Wildman–Crippen MR) is 90.2 cm³/mol. The van der Waals surface area contributed by atoms with Crippen molar-refractivity contribution in [2.75, 3.05) is 5.84 Å². The number of nitrogens with two attached hydrogens (primary N) is 1. The van der Waals surface area contributed by atoms with E-state index < -0.39 is 0 Å². The third-order valence-corrected chi connectivity index (χ3v) is 3.84. The van der Waals surface area contributed by atoms with Crippen LogP contribution in [0.15, 0.2) is 53.3 Å². The molecule has 0 bridgehead atoms. The van der Waals surface area contributed by atoms with Crippen LogP contribution in [-0.2, 0) is 6.42 Å². The van der Waals surface area contributed by atoms with Gasteiger partial charge in [0.1, 0.15) is 0 Å². The molecule has 0 atom stereocenters. The van der Waals surface area contributed by atoms with Crippen molar-refractivity contribution in [1.82, 2.24) is 9.66 Å². The zero-order chi connectivity index (χ0) is 15.5. The summed E-state index contributed by atoms with van der Waals surface area (Å²) in [6, 6.07) is 15.4. The maximum Gasteiger partial charge on any atom is 0.280 e. The van der Waals surface area contributed by atoms with Gasteiger partial charge in [-0.2, -0.15) is 0 Å². The lowest BCUT2D eigenvalue weighted by Gasteiger charge is -2.09. The minimum Gasteiger partial charge on any atom is -0.334 e. The maximum atomic E-state index is 12.3. The smallest absolute Gasteiger partial charge is 0.280 e. The second kappa shape index (κ2) is 6.02. The predicted octanol–water partition coefficient (Wildman–Crippen LogP) is 3.12. The summed E-state index contributed by atoms with van der Waals surface area (Å²) >= 11 is 0. The fourth-order valence-corrected chi connectivity index (χ4v) is 2.55. The van der Waals surface area contributed by atoms with Crippen LogP contribution in [0.5, 0.6) is 0 Å². The van der Waals surface area contributed by atoms with E-state index in [1.165, 1.54) is 18.4 Å². The third-order valence-electron chi connectivity index (χ3n) is 3.84. The molecule has 0 radical (unpaired) electrons. The molecule has 1 aromatic heterocycles. The van der Waals surface area contributed by atoms with Crippen LogP contribution in [0.2, 0.25) is 0 Å². The van der Waals surface area contributed by atoms with Gasteiger partial charge in [0, 0.05) is 5.56 Å². The van der Waals surface area contributed by atoms with Crippen LogP contribution >= 0.6 is 0 Å². The fraction of sp³-hybridized carbons (Fsp3) is 0.222. The number of hydrogen-bond acceptors (Lipinski definition) is 3. The molecule has 0 aliphatic carbocycles. The van der Waals surface area contributed by atoms with E-state index in [-0.39, 0.29) is 5.56 Å². The Labute approximate surface area is 129 Å². The fourth-order valence-electron chi connectivity index (χ4n) is 2.55. The van der Waals surface area contributed by atoms with Crippen LogP contribution in [0.1, 0.15) is 25.3 Å². The lowest BCUT2D eigenvalue weighted by Crippen LogP contribution is -2.29. The Bertz CT molecular complexity index is 850. The molecule has 0 saturated heterocycles. The molecule has 2 N–H and O–H groups in total. The standard InChI is InChI=1S/C18H19N3O/c1-2-3-6-13-9-11-14(12-10-13)17-20-16-8-5-4-7-15(16)18(22)21(17)19/h4-5,7-12H,2-3,6,19H2,1H3. The summed E-state index contributed by atoms with van der Waals surface area (Å²) in [7, 11) is 0. The molecule has 0 amide bonds. The van der Waals surface area contributed by atoms with Gasteiger partial charge >= 0.3 is 0 Å². The van der Waals surface area contributed by atoms with Gasteiger partial charge in [-0.05, 0) is 30.5 Å². The summed E-state index contributed by atoms with van der Waals surface area (Å²) in [6.45, 7) is 2.18. The van der Waals surface area contributed by atoms with Crippen LogP contribution < -0.4 is 11.4 Å². The molecule has 3 aromatic rings. The summed E-state index contributed by atoms with van der Waals surface area (Å²) in [6.07, 6.45) is 3.42. The first-order valence-electron chi connectivity index (χ1n) is 7.57. The van der Waals surface area contributed by atoms with Gasteiger partial charge in [0.15, 0.2) is 5.82 Å². The summed E-state index contributed by atoms with van der Waals surface area (Å²) in [5.41, 5.74) is 2.58. The first-order valence-corrected chi connectivity index (χ1v) is 7.57. The number of benzene rings is 2. The number of rotatable bonds is 4. The molecule has 0 aliphatic heterocycles. The van der Waals surface area contributed by atoms with Crippen molar-refractivity contribution in [1.29, 1.82) is 0 Å². The van der Waals surface area contributed by atoms with Gasteiger partial charge in [0.25, 0.3) is 5.56 Å². The number of aryl methyl sites for hydroxylation is 1. The van der Waals surface area contributed by atoms with Crippen molar-refractivity contribution in [3.05, 3.63) is 64.4 Å². The molecule has 0 aliphatic rings. The Hall–Kier alpha value is -2.62. The summed E-state index contributed by atoms with van der Waals surface area (Å²) < 4.78 is 1.13. The number of unbranched alkanes of at least 4 members (excludes halogenated alkanes) is 1. The minimum absolute atomic E-state index is 0.226. The largest absolute Gasteiger partial charge is 0.334 e. The van der Waals surface area contributed by atoms with Crippen molar-refractivity contribution in [2.45, 2.75) is 26.2 Å². The number of nitrogens with zero attached hydrogens (tertiary/aromatic N) is 2. The molecule has 3 rings (SSSR count). The van der Waals surface area contributed by atoms with E-state index in [1.54, 1.807) is 6.07 Å². The number of aromatic nitrogens is 2. The van der Waals surface area contributed by atoms with E-state index in [0.717, 1.165) is 16.7 Å². The summed E-state index contributed by atoms with van der Waals surface area (Å²) in [4.78, 5) is 16.9. The molecule has 0 saturated carbocycles. The molecule has 4 heteroatoms. The highest BCUT2D eigenvalue weighted by Crippen LogP contribution is 2.18. The van der Waals surface area contributed by atoms with E-state index in [2.05, 4.69) is 24.0 Å². The molecular weight excluding hydrogens is 274 g/mol. The van der Waals surface area contributed by atoms with Gasteiger partial charge < -0.3 is 5.84 Å². The lowest BCUT2D eigenvalue weighted by atomic mass is 10.1. The number of nitrogen functional groups attached to an aromatic ring is 1. The van der Waals surface area contributed by atoms with Gasteiger partial charge in [-0.15, -0.1) is 0 Å². The van der Waals surface area contributed by atoms with Crippen molar-refractivity contribution < 1.29 is 0 Å². The van der Waals surface area contributed by atoms with Crippen LogP contribution in [-0.4, -0.2) is 9.66 Å². The topological polar surface area (TPSA) is 60.9 Å². The monoisotopic (exact) mass is 293 g/mol. The van der Waals surface area contributed by atoms with Gasteiger partial charge in [-0.25, -0.2) is 9.66 Å². The number of fused-ring (bicyclic) bond motifs is 1. The maximum absolute atomic E-state index is 12.3. The van der Waals surface area contributed by atoms with Gasteiger partial charge in [0.05, 0.1) is 10.9 Å². The van der Waals surface area contributed by atoms with Gasteiger partial charge in [0.2, 0.25) is 0 Å². The zero-order valence-corrected chi connectivity index (χ0v) is 12.6. The Morgan fingerprint density at radius 1 is 1.09 bits per heavy atom. The molecule has 2 aromatic carbocycles. The highest BCUT2D eigenvalue weighted by atomic mass is 16.1. The van der Waals surface area contributed by atoms with E-state index in [1.807, 2.05) is 30.3 Å². The first kappa shape index (κ1) is 14.3. The molecular formula is C18H19N3O. The molecule has 1 heterocycles. The van der Waals surface area contributed by atoms with Crippen LogP contribution in [0.3, 0.4) is 0 Å². The van der Waals surface area contributed by atoms with E-state index >= 15 is 0 Å². The number of hydrogen-bond donors (Lipinski definition) is 1. The Morgan fingerprint density at radius 3 is 2.55 bits per heavy atom. The second-order valence-electron chi connectivity index (χ2n) is 5.43. The van der Waals surface area contributed by atoms with Crippen LogP contribution in [0.25, 0.3) is 22.3 Å². The normalized spacial score (nSPS) is 11.0. The Morgan fingerprint density at radius 2 is 1.82 bits per heavy atom. The molecule has 0 spiro atoms. The molecule has 112 valence electrons. The summed E-state index contributed by atoms with van der Waals surface area (Å²) in [5, 5.41) is 0.535.